The van der Waals surface area contributed by atoms with Gasteiger partial charge in [-0.25, -0.2) is 0 Å². The van der Waals surface area contributed by atoms with Crippen LogP contribution in [0.4, 0.5) is 0 Å². The van der Waals surface area contributed by atoms with E-state index in [-0.39, 0.29) is 5.97 Å². The van der Waals surface area contributed by atoms with E-state index >= 15 is 0 Å². The Bertz CT molecular complexity index is 554. The fraction of sp³-hybridized carbons (Fsp3) is 0.533. The van der Waals surface area contributed by atoms with Crippen LogP contribution in [0.15, 0.2) is 23.4 Å². The Hall–Kier alpha value is -1.91. The molecule has 2 aliphatic carbocycles. The van der Waals surface area contributed by atoms with E-state index in [1.54, 1.807) is 13.0 Å². The van der Waals surface area contributed by atoms with Crippen LogP contribution in [0.5, 0.6) is 0 Å². The standard InChI is InChI=1S/C15H17NO4/c1-2-20-14(19)15(6-3-7-15)9-4-5-11-10(8-9)12(17)13(18)16-11/h4-5,10H,2-3,6-8H2,1H3,(H,16,18). The molecule has 0 aromatic rings. The van der Waals surface area contributed by atoms with Gasteiger partial charge in [-0.3, -0.25) is 14.4 Å². The van der Waals surface area contributed by atoms with Gasteiger partial charge in [-0.1, -0.05) is 18.1 Å². The number of allylic oxidation sites excluding steroid dienone is 3. The maximum atomic E-state index is 12.2. The fourth-order valence-corrected chi connectivity index (χ4v) is 3.23. The molecule has 1 saturated carbocycles. The van der Waals surface area contributed by atoms with Crippen LogP contribution in [0.3, 0.4) is 0 Å². The summed E-state index contributed by atoms with van der Waals surface area (Å²) in [5, 5.41) is 2.58. The van der Waals surface area contributed by atoms with Crippen molar-refractivity contribution in [2.45, 2.75) is 32.6 Å². The molecule has 0 bridgehead atoms. The maximum Gasteiger partial charge on any atom is 0.316 e. The van der Waals surface area contributed by atoms with E-state index in [4.69, 9.17) is 4.74 Å². The quantitative estimate of drug-likeness (QED) is 0.621. The Kier molecular flexibility index (Phi) is 3.00. The molecule has 5 heteroatoms. The van der Waals surface area contributed by atoms with Crippen LogP contribution in [-0.4, -0.2) is 24.3 Å². The molecule has 2 fully saturated rings. The summed E-state index contributed by atoms with van der Waals surface area (Å²) in [7, 11) is 0. The number of esters is 1. The minimum atomic E-state index is -0.566. The van der Waals surface area contributed by atoms with Crippen LogP contribution in [0, 0.1) is 11.3 Å². The molecule has 5 nitrogen and oxygen atoms in total. The van der Waals surface area contributed by atoms with E-state index in [9.17, 15) is 14.4 Å². The topological polar surface area (TPSA) is 72.5 Å². The summed E-state index contributed by atoms with van der Waals surface area (Å²) in [5.74, 6) is -1.58. The molecule has 1 heterocycles. The van der Waals surface area contributed by atoms with E-state index in [0.717, 1.165) is 24.8 Å². The first-order chi connectivity index (χ1) is 9.58. The third-order valence-electron chi connectivity index (χ3n) is 4.55. The molecule has 0 spiro atoms. The molecule has 1 aliphatic heterocycles. The molecule has 1 atom stereocenters. The summed E-state index contributed by atoms with van der Waals surface area (Å²) in [6.45, 7) is 2.15. The predicted octanol–water partition coefficient (Wildman–Crippen LogP) is 1.25. The van der Waals surface area contributed by atoms with Crippen molar-refractivity contribution in [1.29, 1.82) is 0 Å². The lowest BCUT2D eigenvalue weighted by Crippen LogP contribution is -2.42. The molecule has 106 valence electrons. The molecule has 1 saturated heterocycles. The number of fused-ring (bicyclic) bond motifs is 1. The average Bonchev–Trinajstić information content (AvgIpc) is 2.65. The van der Waals surface area contributed by atoms with Gasteiger partial charge in [0, 0.05) is 5.70 Å². The summed E-state index contributed by atoms with van der Waals surface area (Å²) in [5.41, 5.74) is 1.02. The smallest absolute Gasteiger partial charge is 0.316 e. The highest BCUT2D eigenvalue weighted by Crippen LogP contribution is 2.51. The lowest BCUT2D eigenvalue weighted by molar-refractivity contribution is -0.158. The normalized spacial score (nSPS) is 26.9. The Morgan fingerprint density at radius 3 is 2.75 bits per heavy atom. The van der Waals surface area contributed by atoms with Gasteiger partial charge < -0.3 is 10.1 Å². The minimum absolute atomic E-state index is 0.195. The van der Waals surface area contributed by atoms with Crippen molar-refractivity contribution in [3.63, 3.8) is 0 Å². The molecule has 1 N–H and O–H groups in total. The molecule has 3 rings (SSSR count). The van der Waals surface area contributed by atoms with E-state index in [0.29, 0.717) is 18.7 Å². The van der Waals surface area contributed by atoms with Gasteiger partial charge in [0.25, 0.3) is 5.91 Å². The number of nitrogens with one attached hydrogen (secondary N) is 1. The first-order valence-electron chi connectivity index (χ1n) is 7.02. The van der Waals surface area contributed by atoms with Crippen molar-refractivity contribution in [3.8, 4) is 0 Å². The molecule has 3 aliphatic rings. The third-order valence-corrected chi connectivity index (χ3v) is 4.55. The Morgan fingerprint density at radius 2 is 2.15 bits per heavy atom. The first-order valence-corrected chi connectivity index (χ1v) is 7.02. The highest BCUT2D eigenvalue weighted by molar-refractivity contribution is 6.40. The van der Waals surface area contributed by atoms with Crippen LogP contribution in [0.25, 0.3) is 0 Å². The maximum absolute atomic E-state index is 12.2. The van der Waals surface area contributed by atoms with Gasteiger partial charge in [0.2, 0.25) is 5.78 Å². The summed E-state index contributed by atoms with van der Waals surface area (Å²) in [6, 6.07) is 0. The van der Waals surface area contributed by atoms with E-state index < -0.39 is 23.0 Å². The van der Waals surface area contributed by atoms with Crippen molar-refractivity contribution in [1.82, 2.24) is 5.32 Å². The van der Waals surface area contributed by atoms with Crippen molar-refractivity contribution in [3.05, 3.63) is 23.4 Å². The second-order valence-electron chi connectivity index (χ2n) is 5.55. The highest BCUT2D eigenvalue weighted by atomic mass is 16.5. The predicted molar refractivity (Wildman–Crippen MR) is 70.3 cm³/mol. The highest BCUT2D eigenvalue weighted by Gasteiger charge is 2.51. The van der Waals surface area contributed by atoms with Gasteiger partial charge in [0.05, 0.1) is 17.9 Å². The monoisotopic (exact) mass is 275 g/mol. The number of ketones is 1. The van der Waals surface area contributed by atoms with Crippen LogP contribution in [0.1, 0.15) is 32.6 Å². The summed E-state index contributed by atoms with van der Waals surface area (Å²) >= 11 is 0. The van der Waals surface area contributed by atoms with Crippen LogP contribution >= 0.6 is 0 Å². The minimum Gasteiger partial charge on any atom is -0.465 e. The molecule has 0 radical (unpaired) electrons. The fourth-order valence-electron chi connectivity index (χ4n) is 3.23. The summed E-state index contributed by atoms with van der Waals surface area (Å²) in [6.07, 6.45) is 6.60. The zero-order chi connectivity index (χ0) is 14.3. The van der Waals surface area contributed by atoms with E-state index in [1.807, 2.05) is 6.08 Å². The first kappa shape index (κ1) is 13.1. The van der Waals surface area contributed by atoms with Crippen molar-refractivity contribution >= 4 is 17.7 Å². The molecule has 20 heavy (non-hydrogen) atoms. The molecule has 1 amide bonds. The summed E-state index contributed by atoms with van der Waals surface area (Å²) in [4.78, 5) is 35.5. The zero-order valence-electron chi connectivity index (χ0n) is 11.4. The number of hydrogen-bond donors (Lipinski definition) is 1. The molecule has 0 aromatic heterocycles. The van der Waals surface area contributed by atoms with Gasteiger partial charge in [-0.15, -0.1) is 0 Å². The SMILES string of the molecule is CCOC(=O)C1(C2=CC=C3NC(=O)C(=O)C3C2)CCC1. The number of hydrogen-bond acceptors (Lipinski definition) is 4. The summed E-state index contributed by atoms with van der Waals surface area (Å²) < 4.78 is 5.19. The van der Waals surface area contributed by atoms with Crippen LogP contribution in [0.2, 0.25) is 0 Å². The lowest BCUT2D eigenvalue weighted by atomic mass is 9.61. The third kappa shape index (κ3) is 1.72. The average molecular weight is 275 g/mol. The number of rotatable bonds is 3. The van der Waals surface area contributed by atoms with Gasteiger partial charge in [-0.05, 0) is 32.3 Å². The number of ether oxygens (including phenoxy) is 1. The van der Waals surface area contributed by atoms with Crippen LogP contribution in [-0.2, 0) is 19.1 Å². The second kappa shape index (κ2) is 4.58. The van der Waals surface area contributed by atoms with Gasteiger partial charge in [0.15, 0.2) is 0 Å². The second-order valence-corrected chi connectivity index (χ2v) is 5.55. The van der Waals surface area contributed by atoms with Gasteiger partial charge in [0.1, 0.15) is 0 Å². The van der Waals surface area contributed by atoms with Crippen molar-refractivity contribution < 1.29 is 19.1 Å². The molecular weight excluding hydrogens is 258 g/mol. The number of amides is 1. The number of carbonyl (C=O) groups excluding carboxylic acids is 3. The lowest BCUT2D eigenvalue weighted by Gasteiger charge is -2.42. The van der Waals surface area contributed by atoms with E-state index in [1.165, 1.54) is 0 Å². The van der Waals surface area contributed by atoms with Crippen LogP contribution < -0.4 is 5.32 Å². The zero-order valence-corrected chi connectivity index (χ0v) is 11.4. The number of carbonyl (C=O) groups is 3. The molecule has 0 aromatic carbocycles. The molecule has 1 unspecified atom stereocenters. The largest absolute Gasteiger partial charge is 0.465 e. The Balaban J connectivity index is 1.87. The van der Waals surface area contributed by atoms with Gasteiger partial charge in [-0.2, -0.15) is 0 Å². The Labute approximate surface area is 117 Å². The Morgan fingerprint density at radius 1 is 1.40 bits per heavy atom. The number of Topliss-reactive ketones (excluding diaryl/α,β-unsaturated/α-hetero) is 1. The van der Waals surface area contributed by atoms with E-state index in [2.05, 4.69) is 5.32 Å². The van der Waals surface area contributed by atoms with Crippen molar-refractivity contribution in [2.75, 3.05) is 6.61 Å². The molecular formula is C15H17NO4. The van der Waals surface area contributed by atoms with Crippen molar-refractivity contribution in [2.24, 2.45) is 11.3 Å². The van der Waals surface area contributed by atoms with Gasteiger partial charge >= 0.3 is 5.97 Å².